The zero-order chi connectivity index (χ0) is 16.5. The summed E-state index contributed by atoms with van der Waals surface area (Å²) in [5.41, 5.74) is 4.12. The Balaban J connectivity index is 1.86. The number of phenolic OH excluding ortho intramolecular Hbond substituents is 1. The fraction of sp³-hybridized carbons (Fsp3) is 0.294. The molecule has 2 aromatic heterocycles. The summed E-state index contributed by atoms with van der Waals surface area (Å²) in [5.74, 6) is -0.184. The minimum Gasteiger partial charge on any atom is -0.506 e. The van der Waals surface area contributed by atoms with E-state index in [0.29, 0.717) is 18.7 Å². The maximum atomic E-state index is 13.3. The summed E-state index contributed by atoms with van der Waals surface area (Å²) in [6.07, 6.45) is 1.24. The van der Waals surface area contributed by atoms with Gasteiger partial charge in [0.25, 0.3) is 0 Å². The third kappa shape index (κ3) is 2.75. The molecule has 1 N–H and O–H groups in total. The van der Waals surface area contributed by atoms with E-state index in [-0.39, 0.29) is 17.6 Å². The Hall–Kier alpha value is -2.09. The van der Waals surface area contributed by atoms with Gasteiger partial charge in [0.2, 0.25) is 0 Å². The molecule has 0 aliphatic carbocycles. The zero-order valence-electron chi connectivity index (χ0n) is 12.9. The molecular formula is C17H16FN3O2S. The van der Waals surface area contributed by atoms with Crippen molar-refractivity contribution >= 4 is 21.6 Å². The van der Waals surface area contributed by atoms with Crippen molar-refractivity contribution in [3.63, 3.8) is 0 Å². The standard InChI is InChI=1S/C17H16FN3O2S/c18-11-1-3-13(19-9-11)16(21-5-7-23-8-6-21)12-2-4-14(22)15-17(12)24-10-20-15/h1-4,9-10,16,22H,5-8H2. The van der Waals surface area contributed by atoms with E-state index >= 15 is 0 Å². The summed E-state index contributed by atoms with van der Waals surface area (Å²) in [6, 6.07) is 6.59. The van der Waals surface area contributed by atoms with Gasteiger partial charge in [0.15, 0.2) is 0 Å². The Morgan fingerprint density at radius 2 is 2.00 bits per heavy atom. The lowest BCUT2D eigenvalue weighted by molar-refractivity contribution is 0.0235. The van der Waals surface area contributed by atoms with Crippen molar-refractivity contribution in [3.8, 4) is 5.75 Å². The molecule has 124 valence electrons. The van der Waals surface area contributed by atoms with Gasteiger partial charge in [-0.05, 0) is 23.8 Å². The number of thiazole rings is 1. The van der Waals surface area contributed by atoms with Gasteiger partial charge in [-0.15, -0.1) is 11.3 Å². The summed E-state index contributed by atoms with van der Waals surface area (Å²) in [6.45, 7) is 2.85. The summed E-state index contributed by atoms with van der Waals surface area (Å²) in [7, 11) is 0. The first-order valence-electron chi connectivity index (χ1n) is 7.72. The Bertz CT molecular complexity index is 847. The van der Waals surface area contributed by atoms with E-state index in [1.165, 1.54) is 23.6 Å². The molecule has 0 radical (unpaired) electrons. The number of halogens is 1. The van der Waals surface area contributed by atoms with Crippen LogP contribution in [0.15, 0.2) is 36.0 Å². The van der Waals surface area contributed by atoms with Gasteiger partial charge in [-0.1, -0.05) is 6.07 Å². The van der Waals surface area contributed by atoms with Gasteiger partial charge in [0, 0.05) is 13.1 Å². The van der Waals surface area contributed by atoms with Gasteiger partial charge < -0.3 is 9.84 Å². The minimum absolute atomic E-state index is 0.127. The number of nitrogens with zero attached hydrogens (tertiary/aromatic N) is 3. The molecular weight excluding hydrogens is 329 g/mol. The maximum Gasteiger partial charge on any atom is 0.142 e. The van der Waals surface area contributed by atoms with Crippen LogP contribution in [0.3, 0.4) is 0 Å². The molecule has 0 bridgehead atoms. The molecule has 0 amide bonds. The van der Waals surface area contributed by atoms with Crippen molar-refractivity contribution in [2.24, 2.45) is 0 Å². The van der Waals surface area contributed by atoms with Crippen LogP contribution in [-0.4, -0.2) is 46.3 Å². The first-order valence-corrected chi connectivity index (χ1v) is 8.60. The molecule has 3 heterocycles. The van der Waals surface area contributed by atoms with Gasteiger partial charge in [0.05, 0.1) is 41.4 Å². The second-order valence-corrected chi connectivity index (χ2v) is 6.51. The first kappa shape index (κ1) is 15.4. The fourth-order valence-electron chi connectivity index (χ4n) is 3.10. The number of hydrogen-bond acceptors (Lipinski definition) is 6. The normalized spacial score (nSPS) is 17.2. The lowest BCUT2D eigenvalue weighted by atomic mass is 10.00. The van der Waals surface area contributed by atoms with Crippen molar-refractivity contribution in [2.75, 3.05) is 26.3 Å². The largest absolute Gasteiger partial charge is 0.506 e. The maximum absolute atomic E-state index is 13.3. The third-order valence-electron chi connectivity index (χ3n) is 4.23. The zero-order valence-corrected chi connectivity index (χ0v) is 13.7. The van der Waals surface area contributed by atoms with Gasteiger partial charge in [-0.2, -0.15) is 0 Å². The molecule has 1 unspecified atom stereocenters. The Kier molecular flexibility index (Phi) is 4.13. The predicted octanol–water partition coefficient (Wildman–Crippen LogP) is 2.96. The van der Waals surface area contributed by atoms with Crippen LogP contribution in [0.4, 0.5) is 4.39 Å². The second-order valence-electron chi connectivity index (χ2n) is 5.66. The molecule has 1 aromatic carbocycles. The van der Waals surface area contributed by atoms with Crippen molar-refractivity contribution in [3.05, 3.63) is 53.0 Å². The highest BCUT2D eigenvalue weighted by Gasteiger charge is 2.28. The van der Waals surface area contributed by atoms with Crippen LogP contribution in [0.2, 0.25) is 0 Å². The first-order chi connectivity index (χ1) is 11.7. The van der Waals surface area contributed by atoms with Crippen molar-refractivity contribution in [1.29, 1.82) is 0 Å². The van der Waals surface area contributed by atoms with E-state index in [2.05, 4.69) is 14.9 Å². The summed E-state index contributed by atoms with van der Waals surface area (Å²) in [4.78, 5) is 10.8. The van der Waals surface area contributed by atoms with Gasteiger partial charge >= 0.3 is 0 Å². The number of fused-ring (bicyclic) bond motifs is 1. The van der Waals surface area contributed by atoms with Crippen molar-refractivity contribution < 1.29 is 14.2 Å². The number of pyridine rings is 1. The molecule has 1 aliphatic heterocycles. The molecule has 5 nitrogen and oxygen atoms in total. The number of aromatic nitrogens is 2. The monoisotopic (exact) mass is 345 g/mol. The highest BCUT2D eigenvalue weighted by atomic mass is 32.1. The number of hydrogen-bond donors (Lipinski definition) is 1. The van der Waals surface area contributed by atoms with E-state index < -0.39 is 0 Å². The molecule has 1 saturated heterocycles. The Morgan fingerprint density at radius 3 is 2.75 bits per heavy atom. The van der Waals surface area contributed by atoms with Gasteiger partial charge in [-0.3, -0.25) is 9.88 Å². The van der Waals surface area contributed by atoms with Crippen molar-refractivity contribution in [1.82, 2.24) is 14.9 Å². The van der Waals surface area contributed by atoms with E-state index in [1.54, 1.807) is 17.6 Å². The predicted molar refractivity (Wildman–Crippen MR) is 89.7 cm³/mol. The quantitative estimate of drug-likeness (QED) is 0.791. The molecule has 3 aromatic rings. The second kappa shape index (κ2) is 6.43. The fourth-order valence-corrected chi connectivity index (χ4v) is 3.95. The number of rotatable bonds is 3. The lowest BCUT2D eigenvalue weighted by Crippen LogP contribution is -2.39. The van der Waals surface area contributed by atoms with Gasteiger partial charge in [-0.25, -0.2) is 9.37 Å². The van der Waals surface area contributed by atoms with E-state index in [0.717, 1.165) is 29.0 Å². The Labute approximate surface area is 142 Å². The van der Waals surface area contributed by atoms with Crippen LogP contribution in [0.5, 0.6) is 5.75 Å². The molecule has 24 heavy (non-hydrogen) atoms. The molecule has 4 rings (SSSR count). The average Bonchev–Trinajstić information content (AvgIpc) is 3.10. The summed E-state index contributed by atoms with van der Waals surface area (Å²) in [5, 5.41) is 10.0. The highest BCUT2D eigenvalue weighted by molar-refractivity contribution is 7.17. The highest BCUT2D eigenvalue weighted by Crippen LogP contribution is 2.38. The van der Waals surface area contributed by atoms with Crippen LogP contribution < -0.4 is 0 Å². The number of ether oxygens (including phenoxy) is 1. The SMILES string of the molecule is Oc1ccc(C(c2ccc(F)cn2)N2CCOCC2)c2scnc12. The number of benzene rings is 1. The molecule has 0 spiro atoms. The Morgan fingerprint density at radius 1 is 1.17 bits per heavy atom. The lowest BCUT2D eigenvalue weighted by Gasteiger charge is -2.34. The molecule has 0 saturated carbocycles. The van der Waals surface area contributed by atoms with Crippen LogP contribution in [0, 0.1) is 5.82 Å². The van der Waals surface area contributed by atoms with E-state index in [9.17, 15) is 9.50 Å². The van der Waals surface area contributed by atoms with Crippen LogP contribution in [0.1, 0.15) is 17.3 Å². The topological polar surface area (TPSA) is 58.5 Å². The van der Waals surface area contributed by atoms with E-state index in [4.69, 9.17) is 4.74 Å². The molecule has 7 heteroatoms. The number of aromatic hydroxyl groups is 1. The summed E-state index contributed by atoms with van der Waals surface area (Å²) < 4.78 is 19.7. The minimum atomic E-state index is -0.354. The molecule has 1 fully saturated rings. The summed E-state index contributed by atoms with van der Waals surface area (Å²) >= 11 is 1.49. The molecule has 1 atom stereocenters. The van der Waals surface area contributed by atoms with Crippen molar-refractivity contribution in [2.45, 2.75) is 6.04 Å². The molecule has 1 aliphatic rings. The smallest absolute Gasteiger partial charge is 0.142 e. The van der Waals surface area contributed by atoms with Crippen LogP contribution >= 0.6 is 11.3 Å². The van der Waals surface area contributed by atoms with Gasteiger partial charge in [0.1, 0.15) is 17.1 Å². The van der Waals surface area contributed by atoms with E-state index in [1.807, 2.05) is 6.07 Å². The van der Waals surface area contributed by atoms with Crippen LogP contribution in [-0.2, 0) is 4.74 Å². The number of phenols is 1. The van der Waals surface area contributed by atoms with Crippen LogP contribution in [0.25, 0.3) is 10.2 Å². The number of morpholine rings is 1. The average molecular weight is 345 g/mol. The third-order valence-corrected chi connectivity index (χ3v) is 5.10.